The lowest BCUT2D eigenvalue weighted by Gasteiger charge is -2.32. The number of carbonyl (C=O) groups excluding carboxylic acids is 1. The maximum atomic E-state index is 12.3. The summed E-state index contributed by atoms with van der Waals surface area (Å²) >= 11 is 0. The second-order valence-electron chi connectivity index (χ2n) is 4.24. The summed E-state index contributed by atoms with van der Waals surface area (Å²) in [6.45, 7) is 5.65. The van der Waals surface area contributed by atoms with E-state index in [2.05, 4.69) is 10.2 Å². The van der Waals surface area contributed by atoms with Crippen LogP contribution in [0.25, 0.3) is 0 Å². The van der Waals surface area contributed by atoms with Crippen LogP contribution < -0.4 is 5.73 Å². The first-order valence-corrected chi connectivity index (χ1v) is 5.86. The van der Waals surface area contributed by atoms with Crippen molar-refractivity contribution in [1.82, 2.24) is 15.1 Å². The number of hydrogen-bond donors (Lipinski definition) is 2. The van der Waals surface area contributed by atoms with E-state index in [1.165, 1.54) is 0 Å². The molecule has 1 aliphatic heterocycles. The third-order valence-corrected chi connectivity index (χ3v) is 3.07. The van der Waals surface area contributed by atoms with Crippen molar-refractivity contribution in [1.29, 1.82) is 0 Å². The Morgan fingerprint density at radius 3 is 3.06 bits per heavy atom. The maximum absolute atomic E-state index is 12.3. The van der Waals surface area contributed by atoms with Gasteiger partial charge in [0.1, 0.15) is 0 Å². The minimum Gasteiger partial charge on any atom is -0.395 e. The summed E-state index contributed by atoms with van der Waals surface area (Å²) in [5.74, 6) is -0.116. The molecule has 1 fully saturated rings. The average molecular weight is 238 g/mol. The monoisotopic (exact) mass is 238 g/mol. The summed E-state index contributed by atoms with van der Waals surface area (Å²) in [5, 5.41) is 6.82. The van der Waals surface area contributed by atoms with E-state index >= 15 is 0 Å². The number of nitrogens with zero attached hydrogens (tertiary/aromatic N) is 2. The third-order valence-electron chi connectivity index (χ3n) is 3.07. The quantitative estimate of drug-likeness (QED) is 0.781. The molecule has 2 heterocycles. The SMILES string of the molecule is CCc1[nH]nc(C(=O)N2CCOC[C@H]2C)c1N. The van der Waals surface area contributed by atoms with Crippen LogP contribution in [0, 0.1) is 0 Å². The van der Waals surface area contributed by atoms with Gasteiger partial charge in [0.15, 0.2) is 5.69 Å². The largest absolute Gasteiger partial charge is 0.395 e. The lowest BCUT2D eigenvalue weighted by Crippen LogP contribution is -2.47. The summed E-state index contributed by atoms with van der Waals surface area (Å²) < 4.78 is 5.30. The van der Waals surface area contributed by atoms with Crippen LogP contribution >= 0.6 is 0 Å². The molecular weight excluding hydrogens is 220 g/mol. The molecule has 94 valence electrons. The van der Waals surface area contributed by atoms with E-state index in [1.807, 2.05) is 13.8 Å². The van der Waals surface area contributed by atoms with Gasteiger partial charge in [0.05, 0.1) is 30.6 Å². The highest BCUT2D eigenvalue weighted by atomic mass is 16.5. The second-order valence-corrected chi connectivity index (χ2v) is 4.24. The van der Waals surface area contributed by atoms with Gasteiger partial charge < -0.3 is 15.4 Å². The number of morpholine rings is 1. The van der Waals surface area contributed by atoms with Crippen LogP contribution in [0.3, 0.4) is 0 Å². The molecule has 6 nitrogen and oxygen atoms in total. The number of aromatic nitrogens is 2. The third kappa shape index (κ3) is 2.12. The highest BCUT2D eigenvalue weighted by Crippen LogP contribution is 2.18. The van der Waals surface area contributed by atoms with Gasteiger partial charge in [0, 0.05) is 6.54 Å². The number of aromatic amines is 1. The van der Waals surface area contributed by atoms with E-state index in [9.17, 15) is 4.79 Å². The van der Waals surface area contributed by atoms with E-state index in [4.69, 9.17) is 10.5 Å². The molecule has 0 spiro atoms. The van der Waals surface area contributed by atoms with Gasteiger partial charge in [-0.15, -0.1) is 0 Å². The number of anilines is 1. The summed E-state index contributed by atoms with van der Waals surface area (Å²) in [6, 6.07) is 0.0671. The molecule has 3 N–H and O–H groups in total. The van der Waals surface area contributed by atoms with Crippen molar-refractivity contribution < 1.29 is 9.53 Å². The summed E-state index contributed by atoms with van der Waals surface area (Å²) in [4.78, 5) is 14.0. The van der Waals surface area contributed by atoms with Crippen molar-refractivity contribution in [2.45, 2.75) is 26.3 Å². The van der Waals surface area contributed by atoms with Gasteiger partial charge >= 0.3 is 0 Å². The summed E-state index contributed by atoms with van der Waals surface area (Å²) in [7, 11) is 0. The molecule has 1 saturated heterocycles. The molecular formula is C11H18N4O2. The minimum absolute atomic E-state index is 0.0671. The fourth-order valence-electron chi connectivity index (χ4n) is 1.98. The molecule has 17 heavy (non-hydrogen) atoms. The Labute approximate surface area is 100 Å². The number of ether oxygens (including phenoxy) is 1. The number of carbonyl (C=O) groups is 1. The topological polar surface area (TPSA) is 84.2 Å². The van der Waals surface area contributed by atoms with Gasteiger partial charge in [-0.1, -0.05) is 6.92 Å². The van der Waals surface area contributed by atoms with Crippen LogP contribution in [0.5, 0.6) is 0 Å². The highest BCUT2D eigenvalue weighted by molar-refractivity contribution is 5.97. The van der Waals surface area contributed by atoms with Crippen LogP contribution in [0.2, 0.25) is 0 Å². The van der Waals surface area contributed by atoms with Gasteiger partial charge in [0.25, 0.3) is 5.91 Å². The zero-order chi connectivity index (χ0) is 12.4. The number of hydrogen-bond acceptors (Lipinski definition) is 4. The van der Waals surface area contributed by atoms with Gasteiger partial charge in [-0.05, 0) is 13.3 Å². The van der Waals surface area contributed by atoms with Gasteiger partial charge in [-0.3, -0.25) is 9.89 Å². The van der Waals surface area contributed by atoms with Crippen LogP contribution in [0.15, 0.2) is 0 Å². The molecule has 0 aromatic carbocycles. The molecule has 0 unspecified atom stereocenters. The molecule has 6 heteroatoms. The Hall–Kier alpha value is -1.56. The molecule has 0 bridgehead atoms. The van der Waals surface area contributed by atoms with Crippen molar-refractivity contribution in [2.75, 3.05) is 25.5 Å². The first-order valence-electron chi connectivity index (χ1n) is 5.86. The fourth-order valence-corrected chi connectivity index (χ4v) is 1.98. The minimum atomic E-state index is -0.116. The predicted molar refractivity (Wildman–Crippen MR) is 63.7 cm³/mol. The van der Waals surface area contributed by atoms with Crippen LogP contribution in [0.4, 0.5) is 5.69 Å². The summed E-state index contributed by atoms with van der Waals surface area (Å²) in [6.07, 6.45) is 0.741. The predicted octanol–water partition coefficient (Wildman–Crippen LogP) is 0.415. The van der Waals surface area contributed by atoms with E-state index in [1.54, 1.807) is 4.90 Å². The fraction of sp³-hybridized carbons (Fsp3) is 0.636. The highest BCUT2D eigenvalue weighted by Gasteiger charge is 2.28. The molecule has 1 atom stereocenters. The number of nitrogen functional groups attached to an aromatic ring is 1. The molecule has 0 radical (unpaired) electrons. The lowest BCUT2D eigenvalue weighted by molar-refractivity contribution is 0.00333. The molecule has 0 aliphatic carbocycles. The summed E-state index contributed by atoms with van der Waals surface area (Å²) in [5.41, 5.74) is 7.51. The van der Waals surface area contributed by atoms with Crippen LogP contribution in [0.1, 0.15) is 30.0 Å². The Balaban J connectivity index is 2.21. The Morgan fingerprint density at radius 2 is 2.47 bits per heavy atom. The van der Waals surface area contributed by atoms with Crippen molar-refractivity contribution >= 4 is 11.6 Å². The first kappa shape index (κ1) is 11.9. The molecule has 2 rings (SSSR count). The molecule has 0 saturated carbocycles. The number of H-pyrrole nitrogens is 1. The normalized spacial score (nSPS) is 20.6. The zero-order valence-electron chi connectivity index (χ0n) is 10.2. The van der Waals surface area contributed by atoms with Gasteiger partial charge in [0.2, 0.25) is 0 Å². The van der Waals surface area contributed by atoms with E-state index in [0.29, 0.717) is 31.1 Å². The van der Waals surface area contributed by atoms with E-state index in [0.717, 1.165) is 12.1 Å². The number of nitrogens with two attached hydrogens (primary N) is 1. The molecule has 1 aliphatic rings. The van der Waals surface area contributed by atoms with Crippen LogP contribution in [-0.2, 0) is 11.2 Å². The Morgan fingerprint density at radius 1 is 1.71 bits per heavy atom. The van der Waals surface area contributed by atoms with E-state index in [-0.39, 0.29) is 11.9 Å². The number of rotatable bonds is 2. The van der Waals surface area contributed by atoms with Crippen molar-refractivity contribution in [3.8, 4) is 0 Å². The smallest absolute Gasteiger partial charge is 0.276 e. The second kappa shape index (κ2) is 4.75. The van der Waals surface area contributed by atoms with Gasteiger partial charge in [-0.25, -0.2) is 0 Å². The van der Waals surface area contributed by atoms with Crippen molar-refractivity contribution in [2.24, 2.45) is 0 Å². The number of amides is 1. The molecule has 1 amide bonds. The molecule has 1 aromatic heterocycles. The van der Waals surface area contributed by atoms with E-state index < -0.39 is 0 Å². The number of nitrogens with one attached hydrogen (secondary N) is 1. The first-order chi connectivity index (χ1) is 8.15. The van der Waals surface area contributed by atoms with Crippen LogP contribution in [-0.4, -0.2) is 46.8 Å². The average Bonchev–Trinajstić information content (AvgIpc) is 2.70. The zero-order valence-corrected chi connectivity index (χ0v) is 10.2. The molecule has 1 aromatic rings. The number of aryl methyl sites for hydroxylation is 1. The maximum Gasteiger partial charge on any atom is 0.276 e. The van der Waals surface area contributed by atoms with Crippen molar-refractivity contribution in [3.63, 3.8) is 0 Å². The Bertz CT molecular complexity index is 416. The van der Waals surface area contributed by atoms with Crippen molar-refractivity contribution in [3.05, 3.63) is 11.4 Å². The lowest BCUT2D eigenvalue weighted by atomic mass is 10.2. The standard InChI is InChI=1S/C11H18N4O2/c1-3-8-9(12)10(14-13-8)11(16)15-4-5-17-6-7(15)2/h7H,3-6,12H2,1-2H3,(H,13,14)/t7-/m1/s1. The van der Waals surface area contributed by atoms with Gasteiger partial charge in [-0.2, -0.15) is 5.10 Å². The Kier molecular flexibility index (Phi) is 3.33.